The minimum Gasteiger partial charge on any atom is -0.406 e. The third-order valence-corrected chi connectivity index (χ3v) is 1.35. The number of hydroxylamine groups is 2. The van der Waals surface area contributed by atoms with E-state index in [4.69, 9.17) is 5.11 Å². The van der Waals surface area contributed by atoms with Gasteiger partial charge >= 0.3 is 6.16 Å². The van der Waals surface area contributed by atoms with Crippen LogP contribution in [0.4, 0.5) is 4.79 Å². The number of hydrogen-bond donors (Lipinski definition) is 1. The average molecular weight is 189 g/mol. The van der Waals surface area contributed by atoms with Crippen LogP contribution in [0.2, 0.25) is 0 Å². The number of imide groups is 1. The number of rotatable bonds is 2. The first-order chi connectivity index (χ1) is 6.15. The first-order valence-electron chi connectivity index (χ1n) is 3.46. The number of nitrogens with zero attached hydrogens (tertiary/aromatic N) is 1. The predicted molar refractivity (Wildman–Crippen MR) is 35.7 cm³/mol. The van der Waals surface area contributed by atoms with Crippen molar-refractivity contribution in [3.8, 4) is 0 Å². The third-order valence-electron chi connectivity index (χ3n) is 1.35. The smallest absolute Gasteiger partial charge is 0.406 e. The van der Waals surface area contributed by atoms with Gasteiger partial charge in [-0.25, -0.2) is 4.79 Å². The maximum Gasteiger partial charge on any atom is 0.536 e. The van der Waals surface area contributed by atoms with Crippen LogP contribution in [-0.4, -0.2) is 34.9 Å². The van der Waals surface area contributed by atoms with E-state index in [-0.39, 0.29) is 12.8 Å². The maximum atomic E-state index is 10.8. The van der Waals surface area contributed by atoms with Crippen LogP contribution in [0.15, 0.2) is 0 Å². The van der Waals surface area contributed by atoms with E-state index in [0.717, 1.165) is 0 Å². The van der Waals surface area contributed by atoms with E-state index in [1.807, 2.05) is 0 Å². The highest BCUT2D eigenvalue weighted by Gasteiger charge is 2.33. The topological polar surface area (TPSA) is 93.1 Å². The summed E-state index contributed by atoms with van der Waals surface area (Å²) in [6, 6.07) is 0. The summed E-state index contributed by atoms with van der Waals surface area (Å²) in [4.78, 5) is 36.4. The lowest BCUT2D eigenvalue weighted by molar-refractivity contribution is -0.179. The number of aliphatic hydroxyl groups is 1. The second-order valence-corrected chi connectivity index (χ2v) is 2.20. The van der Waals surface area contributed by atoms with Crippen LogP contribution in [-0.2, 0) is 19.2 Å². The molecule has 0 radical (unpaired) electrons. The van der Waals surface area contributed by atoms with Gasteiger partial charge in [0, 0.05) is 12.8 Å². The van der Waals surface area contributed by atoms with Gasteiger partial charge in [-0.15, -0.1) is 0 Å². The highest BCUT2D eigenvalue weighted by Crippen LogP contribution is 2.12. The summed E-state index contributed by atoms with van der Waals surface area (Å²) < 4.78 is 3.95. The van der Waals surface area contributed by atoms with Crippen LogP contribution in [0.1, 0.15) is 12.8 Å². The number of carbonyl (C=O) groups excluding carboxylic acids is 3. The standard InChI is InChI=1S/C6H7NO6/c8-3-12-6(11)13-7-4(9)1-2-5(7)10/h8H,1-3H2. The van der Waals surface area contributed by atoms with Gasteiger partial charge in [-0.05, 0) is 0 Å². The SMILES string of the molecule is O=C(OCO)ON1C(=O)CCC1=O. The van der Waals surface area contributed by atoms with Gasteiger partial charge in [0.25, 0.3) is 11.8 Å². The molecule has 2 amide bonds. The van der Waals surface area contributed by atoms with Crippen molar-refractivity contribution in [2.75, 3.05) is 6.79 Å². The molecular formula is C6H7NO6. The van der Waals surface area contributed by atoms with E-state index in [1.165, 1.54) is 0 Å². The predicted octanol–water partition coefficient (Wildman–Crippen LogP) is -0.847. The zero-order valence-electron chi connectivity index (χ0n) is 6.56. The lowest BCUT2D eigenvalue weighted by atomic mass is 10.4. The van der Waals surface area contributed by atoms with Crippen molar-refractivity contribution in [1.82, 2.24) is 5.06 Å². The molecule has 0 aromatic rings. The van der Waals surface area contributed by atoms with Crippen LogP contribution >= 0.6 is 0 Å². The zero-order chi connectivity index (χ0) is 9.84. The summed E-state index contributed by atoms with van der Waals surface area (Å²) in [7, 11) is 0. The van der Waals surface area contributed by atoms with Crippen molar-refractivity contribution in [3.63, 3.8) is 0 Å². The molecule has 0 aliphatic carbocycles. The number of aliphatic hydroxyl groups excluding tert-OH is 1. The Morgan fingerprint density at radius 3 is 2.38 bits per heavy atom. The molecule has 0 bridgehead atoms. The molecule has 1 N–H and O–H groups in total. The number of hydrogen-bond acceptors (Lipinski definition) is 6. The van der Waals surface area contributed by atoms with Gasteiger partial charge in [0.2, 0.25) is 0 Å². The lowest BCUT2D eigenvalue weighted by Gasteiger charge is -2.10. The molecule has 0 saturated carbocycles. The van der Waals surface area contributed by atoms with Gasteiger partial charge in [-0.2, -0.15) is 0 Å². The zero-order valence-corrected chi connectivity index (χ0v) is 6.56. The Bertz CT molecular complexity index is 234. The molecular weight excluding hydrogens is 182 g/mol. The fraction of sp³-hybridized carbons (Fsp3) is 0.500. The molecule has 1 aliphatic heterocycles. The van der Waals surface area contributed by atoms with E-state index in [0.29, 0.717) is 5.06 Å². The van der Waals surface area contributed by atoms with Crippen LogP contribution in [0.3, 0.4) is 0 Å². The average Bonchev–Trinajstić information content (AvgIpc) is 2.36. The summed E-state index contributed by atoms with van der Waals surface area (Å²) in [5.74, 6) is -1.19. The largest absolute Gasteiger partial charge is 0.536 e. The van der Waals surface area contributed by atoms with Crippen molar-refractivity contribution in [1.29, 1.82) is 0 Å². The van der Waals surface area contributed by atoms with Gasteiger partial charge in [0.15, 0.2) is 6.79 Å². The molecule has 0 atom stereocenters. The Morgan fingerprint density at radius 2 is 1.92 bits per heavy atom. The van der Waals surface area contributed by atoms with Crippen LogP contribution in [0.25, 0.3) is 0 Å². The molecule has 0 spiro atoms. The van der Waals surface area contributed by atoms with E-state index >= 15 is 0 Å². The minimum atomic E-state index is -1.29. The normalized spacial score (nSPS) is 16.2. The number of carbonyl (C=O) groups is 3. The quantitative estimate of drug-likeness (QED) is 0.345. The van der Waals surface area contributed by atoms with Crippen LogP contribution in [0, 0.1) is 0 Å². The van der Waals surface area contributed by atoms with Gasteiger partial charge in [-0.3, -0.25) is 14.4 Å². The number of amides is 2. The van der Waals surface area contributed by atoms with Crippen LogP contribution in [0.5, 0.6) is 0 Å². The van der Waals surface area contributed by atoms with Gasteiger partial charge in [0.1, 0.15) is 0 Å². The molecule has 0 unspecified atom stereocenters. The van der Waals surface area contributed by atoms with E-state index in [2.05, 4.69) is 9.57 Å². The molecule has 72 valence electrons. The van der Waals surface area contributed by atoms with Crippen molar-refractivity contribution in [2.45, 2.75) is 12.8 Å². The van der Waals surface area contributed by atoms with E-state index in [9.17, 15) is 14.4 Å². The summed E-state index contributed by atoms with van der Waals surface area (Å²) >= 11 is 0. The Morgan fingerprint density at radius 1 is 1.38 bits per heavy atom. The Kier molecular flexibility index (Phi) is 2.80. The van der Waals surface area contributed by atoms with Crippen molar-refractivity contribution >= 4 is 18.0 Å². The first kappa shape index (κ1) is 9.46. The van der Waals surface area contributed by atoms with Gasteiger partial charge in [0.05, 0.1) is 0 Å². The Balaban J connectivity index is 2.48. The monoisotopic (exact) mass is 189 g/mol. The lowest BCUT2D eigenvalue weighted by Crippen LogP contribution is -2.32. The van der Waals surface area contributed by atoms with Crippen molar-refractivity contribution in [3.05, 3.63) is 0 Å². The highest BCUT2D eigenvalue weighted by atomic mass is 16.8. The molecule has 7 nitrogen and oxygen atoms in total. The molecule has 0 aromatic carbocycles. The molecule has 1 rings (SSSR count). The Hall–Kier alpha value is -1.63. The second-order valence-electron chi connectivity index (χ2n) is 2.20. The third kappa shape index (κ3) is 2.15. The van der Waals surface area contributed by atoms with Crippen molar-refractivity contribution in [2.24, 2.45) is 0 Å². The molecule has 1 aliphatic rings. The molecule has 1 heterocycles. The van der Waals surface area contributed by atoms with Gasteiger partial charge < -0.3 is 9.84 Å². The first-order valence-corrected chi connectivity index (χ1v) is 3.46. The maximum absolute atomic E-state index is 10.8. The Labute approximate surface area is 72.8 Å². The van der Waals surface area contributed by atoms with Crippen molar-refractivity contribution < 1.29 is 29.1 Å². The van der Waals surface area contributed by atoms with Crippen LogP contribution < -0.4 is 0 Å². The van der Waals surface area contributed by atoms with E-state index < -0.39 is 24.8 Å². The highest BCUT2D eigenvalue weighted by molar-refractivity contribution is 6.01. The van der Waals surface area contributed by atoms with Gasteiger partial charge in [-0.1, -0.05) is 5.06 Å². The molecule has 7 heteroatoms. The summed E-state index contributed by atoms with van der Waals surface area (Å²) in [5, 5.41) is 8.46. The molecule has 13 heavy (non-hydrogen) atoms. The fourth-order valence-electron chi connectivity index (χ4n) is 0.811. The summed E-state index contributed by atoms with van der Waals surface area (Å²) in [5.41, 5.74) is 0. The number of ether oxygens (including phenoxy) is 1. The summed E-state index contributed by atoms with van der Waals surface area (Å²) in [6.45, 7) is -0.866. The van der Waals surface area contributed by atoms with E-state index in [1.54, 1.807) is 0 Å². The second kappa shape index (κ2) is 3.85. The minimum absolute atomic E-state index is 0.0191. The molecule has 1 saturated heterocycles. The molecule has 0 aromatic heterocycles. The summed E-state index contributed by atoms with van der Waals surface area (Å²) in [6.07, 6.45) is -1.25. The molecule has 1 fully saturated rings. The fourth-order valence-corrected chi connectivity index (χ4v) is 0.811.